The van der Waals surface area contributed by atoms with E-state index in [9.17, 15) is 0 Å². The van der Waals surface area contributed by atoms with E-state index in [2.05, 4.69) is 27.7 Å². The number of hydrogen-bond acceptors (Lipinski definition) is 3. The van der Waals surface area contributed by atoms with Gasteiger partial charge in [-0.25, -0.2) is 0 Å². The maximum Gasteiger partial charge on any atom is 0.332 e. The highest BCUT2D eigenvalue weighted by Gasteiger charge is 2.41. The summed E-state index contributed by atoms with van der Waals surface area (Å²) in [6.45, 7) is 12.0. The molecule has 0 aliphatic carbocycles. The number of rotatable bonds is 3. The van der Waals surface area contributed by atoms with Gasteiger partial charge in [0.05, 0.1) is 19.3 Å². The van der Waals surface area contributed by atoms with Crippen LogP contribution in [0.15, 0.2) is 0 Å². The van der Waals surface area contributed by atoms with E-state index in [1.54, 1.807) is 0 Å². The zero-order valence-corrected chi connectivity index (χ0v) is 10.6. The van der Waals surface area contributed by atoms with Crippen LogP contribution in [0.3, 0.4) is 0 Å². The molecular weight excluding hydrogens is 199 g/mol. The molecule has 0 aromatic heterocycles. The van der Waals surface area contributed by atoms with E-state index in [1.807, 2.05) is 6.92 Å². The van der Waals surface area contributed by atoms with Gasteiger partial charge in [0.2, 0.25) is 0 Å². The predicted molar refractivity (Wildman–Crippen MR) is 58.0 cm³/mol. The van der Waals surface area contributed by atoms with Crippen LogP contribution in [-0.2, 0) is 13.6 Å². The summed E-state index contributed by atoms with van der Waals surface area (Å²) in [5, 5.41) is 0. The topological polar surface area (TPSA) is 27.7 Å². The minimum absolute atomic E-state index is 0.0874. The summed E-state index contributed by atoms with van der Waals surface area (Å²) in [6, 6.07) is 0. The molecule has 1 fully saturated rings. The van der Waals surface area contributed by atoms with Crippen LogP contribution >= 0.6 is 8.60 Å². The van der Waals surface area contributed by atoms with Crippen molar-refractivity contribution in [2.24, 2.45) is 11.3 Å². The summed E-state index contributed by atoms with van der Waals surface area (Å²) in [6.07, 6.45) is 0.230. The molecule has 84 valence electrons. The summed E-state index contributed by atoms with van der Waals surface area (Å²) in [5.41, 5.74) is 0.0874. The van der Waals surface area contributed by atoms with Crippen molar-refractivity contribution in [3.63, 3.8) is 0 Å². The Morgan fingerprint density at radius 1 is 1.50 bits per heavy atom. The van der Waals surface area contributed by atoms with Gasteiger partial charge in [0.15, 0.2) is 0 Å². The highest BCUT2D eigenvalue weighted by atomic mass is 31.2. The molecule has 1 rings (SSSR count). The molecule has 3 nitrogen and oxygen atoms in total. The van der Waals surface area contributed by atoms with E-state index in [-0.39, 0.29) is 11.5 Å². The van der Waals surface area contributed by atoms with E-state index in [0.29, 0.717) is 12.5 Å². The van der Waals surface area contributed by atoms with Crippen LogP contribution in [0.5, 0.6) is 0 Å². The van der Waals surface area contributed by atoms with Crippen LogP contribution < -0.4 is 0 Å². The van der Waals surface area contributed by atoms with Gasteiger partial charge in [0, 0.05) is 5.41 Å². The molecule has 14 heavy (non-hydrogen) atoms. The molecular formula is C10H21O3P. The second-order valence-electron chi connectivity index (χ2n) is 4.67. The van der Waals surface area contributed by atoms with Gasteiger partial charge in [-0.1, -0.05) is 27.7 Å². The van der Waals surface area contributed by atoms with Crippen molar-refractivity contribution in [3.8, 4) is 0 Å². The zero-order valence-electron chi connectivity index (χ0n) is 9.74. The Morgan fingerprint density at radius 2 is 2.14 bits per heavy atom. The summed E-state index contributed by atoms with van der Waals surface area (Å²) in [4.78, 5) is 0. The van der Waals surface area contributed by atoms with Crippen molar-refractivity contribution < 1.29 is 13.6 Å². The molecule has 0 radical (unpaired) electrons. The van der Waals surface area contributed by atoms with Gasteiger partial charge in [0.1, 0.15) is 0 Å². The van der Waals surface area contributed by atoms with Gasteiger partial charge in [-0.05, 0) is 12.8 Å². The first-order valence-corrected chi connectivity index (χ1v) is 6.29. The summed E-state index contributed by atoms with van der Waals surface area (Å²) >= 11 is 0. The second kappa shape index (κ2) is 4.89. The highest BCUT2D eigenvalue weighted by Crippen LogP contribution is 2.51. The van der Waals surface area contributed by atoms with Gasteiger partial charge < -0.3 is 13.6 Å². The smallest absolute Gasteiger partial charge is 0.313 e. The molecule has 4 heteroatoms. The van der Waals surface area contributed by atoms with E-state index in [0.717, 1.165) is 6.61 Å². The molecule has 0 aromatic carbocycles. The van der Waals surface area contributed by atoms with Gasteiger partial charge in [-0.15, -0.1) is 0 Å². The van der Waals surface area contributed by atoms with Crippen LogP contribution in [-0.4, -0.2) is 19.3 Å². The van der Waals surface area contributed by atoms with Crippen molar-refractivity contribution in [1.29, 1.82) is 0 Å². The van der Waals surface area contributed by atoms with Crippen LogP contribution in [0.4, 0.5) is 0 Å². The van der Waals surface area contributed by atoms with E-state index < -0.39 is 8.60 Å². The van der Waals surface area contributed by atoms with E-state index in [4.69, 9.17) is 13.6 Å². The van der Waals surface area contributed by atoms with E-state index in [1.165, 1.54) is 0 Å². The van der Waals surface area contributed by atoms with Crippen molar-refractivity contribution >= 4 is 8.60 Å². The lowest BCUT2D eigenvalue weighted by molar-refractivity contribution is -0.0544. The third-order valence-electron chi connectivity index (χ3n) is 2.35. The first-order chi connectivity index (χ1) is 6.47. The zero-order chi connectivity index (χ0) is 10.8. The lowest BCUT2D eigenvalue weighted by Gasteiger charge is -2.42. The monoisotopic (exact) mass is 220 g/mol. The minimum atomic E-state index is -1.10. The Balaban J connectivity index is 2.58. The fourth-order valence-corrected chi connectivity index (χ4v) is 3.32. The number of hydrogen-bond donors (Lipinski definition) is 0. The second-order valence-corrected chi connectivity index (χ2v) is 5.85. The molecule has 0 N–H and O–H groups in total. The third kappa shape index (κ3) is 2.90. The van der Waals surface area contributed by atoms with Gasteiger partial charge >= 0.3 is 8.60 Å². The molecule has 0 saturated carbocycles. The van der Waals surface area contributed by atoms with Crippen LogP contribution in [0.1, 0.15) is 34.6 Å². The minimum Gasteiger partial charge on any atom is -0.313 e. The van der Waals surface area contributed by atoms with Crippen molar-refractivity contribution in [3.05, 3.63) is 0 Å². The maximum atomic E-state index is 5.82. The first-order valence-electron chi connectivity index (χ1n) is 5.20. The molecule has 1 aliphatic rings. The van der Waals surface area contributed by atoms with Crippen molar-refractivity contribution in [2.45, 2.75) is 40.7 Å². The SMILES string of the molecule is CCOP1OCC(C)(C)C(C(C)C)O1. The largest absolute Gasteiger partial charge is 0.332 e. The fourth-order valence-electron chi connectivity index (χ4n) is 1.76. The Bertz CT molecular complexity index is 182. The fraction of sp³-hybridized carbons (Fsp3) is 1.00. The lowest BCUT2D eigenvalue weighted by atomic mass is 9.81. The average molecular weight is 220 g/mol. The van der Waals surface area contributed by atoms with Crippen LogP contribution in [0.2, 0.25) is 0 Å². The standard InChI is InChI=1S/C10H21O3P/c1-6-11-14-12-7-10(4,5)9(13-14)8(2)3/h8-9H,6-7H2,1-5H3. The molecule has 0 bridgehead atoms. The van der Waals surface area contributed by atoms with Crippen molar-refractivity contribution in [1.82, 2.24) is 0 Å². The summed E-state index contributed by atoms with van der Waals surface area (Å²) < 4.78 is 16.7. The molecule has 1 aliphatic heterocycles. The molecule has 0 aromatic rings. The van der Waals surface area contributed by atoms with Gasteiger partial charge in [-0.3, -0.25) is 0 Å². The first kappa shape index (κ1) is 12.4. The molecule has 1 saturated heterocycles. The van der Waals surface area contributed by atoms with Crippen molar-refractivity contribution in [2.75, 3.05) is 13.2 Å². The third-order valence-corrected chi connectivity index (χ3v) is 3.56. The summed E-state index contributed by atoms with van der Waals surface area (Å²) in [5.74, 6) is 0.499. The Kier molecular flexibility index (Phi) is 4.32. The molecule has 2 unspecified atom stereocenters. The molecule has 0 spiro atoms. The quantitative estimate of drug-likeness (QED) is 0.682. The lowest BCUT2D eigenvalue weighted by Crippen LogP contribution is -2.41. The maximum absolute atomic E-state index is 5.82. The van der Waals surface area contributed by atoms with Gasteiger partial charge in [-0.2, -0.15) is 0 Å². The predicted octanol–water partition coefficient (Wildman–Crippen LogP) is 3.35. The molecule has 1 heterocycles. The Morgan fingerprint density at radius 3 is 2.64 bits per heavy atom. The summed E-state index contributed by atoms with van der Waals surface area (Å²) in [7, 11) is -1.10. The molecule has 2 atom stereocenters. The average Bonchev–Trinajstić information content (AvgIpc) is 2.08. The molecule has 0 amide bonds. The van der Waals surface area contributed by atoms with Crippen LogP contribution in [0, 0.1) is 11.3 Å². The van der Waals surface area contributed by atoms with E-state index >= 15 is 0 Å². The Labute approximate surface area is 88.1 Å². The normalized spacial score (nSPS) is 32.1. The highest BCUT2D eigenvalue weighted by molar-refractivity contribution is 7.41. The Hall–Kier alpha value is 0.310. The van der Waals surface area contributed by atoms with Gasteiger partial charge in [0.25, 0.3) is 0 Å². The van der Waals surface area contributed by atoms with Crippen LogP contribution in [0.25, 0.3) is 0 Å².